The number of rotatable bonds is 6. The Morgan fingerprint density at radius 3 is 2.81 bits per heavy atom. The van der Waals surface area contributed by atoms with Gasteiger partial charge in [-0.1, -0.05) is 13.0 Å². The quantitative estimate of drug-likeness (QED) is 0.655. The number of nitro groups is 1. The standard InChI is InChI=1S/C15H16FN3O2/c1-2-11-4-3-7-18-14(11)10-17-9-12-8-13(16)5-6-15(12)19(20)21/h3-8,17H,2,9-10H2,1H3. The van der Waals surface area contributed by atoms with E-state index in [1.54, 1.807) is 6.20 Å². The molecule has 2 aromatic rings. The normalized spacial score (nSPS) is 10.6. The van der Waals surface area contributed by atoms with Gasteiger partial charge in [0.1, 0.15) is 5.82 Å². The lowest BCUT2D eigenvalue weighted by Crippen LogP contribution is -2.16. The van der Waals surface area contributed by atoms with Crippen molar-refractivity contribution in [3.05, 3.63) is 69.3 Å². The summed E-state index contributed by atoms with van der Waals surface area (Å²) in [5, 5.41) is 14.0. The average molecular weight is 289 g/mol. The van der Waals surface area contributed by atoms with Crippen molar-refractivity contribution in [2.45, 2.75) is 26.4 Å². The van der Waals surface area contributed by atoms with Crippen LogP contribution in [0, 0.1) is 15.9 Å². The molecule has 0 spiro atoms. The number of pyridine rings is 1. The van der Waals surface area contributed by atoms with Gasteiger partial charge in [0.15, 0.2) is 0 Å². The Hall–Kier alpha value is -2.34. The number of aromatic nitrogens is 1. The van der Waals surface area contributed by atoms with Gasteiger partial charge in [-0.25, -0.2) is 4.39 Å². The van der Waals surface area contributed by atoms with E-state index in [2.05, 4.69) is 10.3 Å². The molecular formula is C15H16FN3O2. The highest BCUT2D eigenvalue weighted by atomic mass is 19.1. The fourth-order valence-corrected chi connectivity index (χ4v) is 2.14. The second-order valence-corrected chi connectivity index (χ2v) is 4.60. The molecule has 0 aliphatic heterocycles. The van der Waals surface area contributed by atoms with E-state index in [4.69, 9.17) is 0 Å². The summed E-state index contributed by atoms with van der Waals surface area (Å²) in [6, 6.07) is 7.33. The molecule has 2 rings (SSSR count). The van der Waals surface area contributed by atoms with E-state index in [9.17, 15) is 14.5 Å². The van der Waals surface area contributed by atoms with Crippen LogP contribution in [0.3, 0.4) is 0 Å². The molecule has 0 saturated carbocycles. The number of nitrogens with zero attached hydrogens (tertiary/aromatic N) is 2. The molecule has 6 heteroatoms. The Morgan fingerprint density at radius 2 is 2.10 bits per heavy atom. The molecule has 0 aliphatic rings. The van der Waals surface area contributed by atoms with E-state index in [0.29, 0.717) is 12.1 Å². The van der Waals surface area contributed by atoms with Crippen molar-refractivity contribution >= 4 is 5.69 Å². The first-order valence-corrected chi connectivity index (χ1v) is 6.68. The van der Waals surface area contributed by atoms with E-state index in [-0.39, 0.29) is 12.2 Å². The highest BCUT2D eigenvalue weighted by Crippen LogP contribution is 2.19. The maximum absolute atomic E-state index is 13.2. The Morgan fingerprint density at radius 1 is 1.29 bits per heavy atom. The zero-order valence-electron chi connectivity index (χ0n) is 11.7. The molecule has 0 aliphatic carbocycles. The molecule has 0 bridgehead atoms. The van der Waals surface area contributed by atoms with Crippen LogP contribution in [0.15, 0.2) is 36.5 Å². The van der Waals surface area contributed by atoms with Crippen LogP contribution < -0.4 is 5.32 Å². The number of nitro benzene ring substituents is 1. The highest BCUT2D eigenvalue weighted by molar-refractivity contribution is 5.40. The van der Waals surface area contributed by atoms with E-state index in [0.717, 1.165) is 23.7 Å². The smallest absolute Gasteiger partial charge is 0.274 e. The Kier molecular flexibility index (Phi) is 4.94. The molecular weight excluding hydrogens is 273 g/mol. The van der Waals surface area contributed by atoms with Crippen LogP contribution in [0.25, 0.3) is 0 Å². The fourth-order valence-electron chi connectivity index (χ4n) is 2.14. The predicted molar refractivity (Wildman–Crippen MR) is 77.2 cm³/mol. The van der Waals surface area contributed by atoms with Crippen LogP contribution in [-0.4, -0.2) is 9.91 Å². The van der Waals surface area contributed by atoms with Gasteiger partial charge in [0.05, 0.1) is 10.6 Å². The maximum Gasteiger partial charge on any atom is 0.274 e. The van der Waals surface area contributed by atoms with Crippen molar-refractivity contribution in [3.8, 4) is 0 Å². The summed E-state index contributed by atoms with van der Waals surface area (Å²) in [4.78, 5) is 14.7. The van der Waals surface area contributed by atoms with Gasteiger partial charge >= 0.3 is 0 Å². The number of halogens is 1. The largest absolute Gasteiger partial charge is 0.307 e. The molecule has 1 N–H and O–H groups in total. The minimum absolute atomic E-state index is 0.0827. The number of hydrogen-bond donors (Lipinski definition) is 1. The number of nitrogens with one attached hydrogen (secondary N) is 1. The summed E-state index contributed by atoms with van der Waals surface area (Å²) in [6.07, 6.45) is 2.58. The molecule has 0 radical (unpaired) electrons. The lowest BCUT2D eigenvalue weighted by atomic mass is 10.1. The van der Waals surface area contributed by atoms with Crippen molar-refractivity contribution in [1.29, 1.82) is 0 Å². The molecule has 1 heterocycles. The van der Waals surface area contributed by atoms with Gasteiger partial charge in [-0.2, -0.15) is 0 Å². The summed E-state index contributed by atoms with van der Waals surface area (Å²) in [5.41, 5.74) is 2.27. The van der Waals surface area contributed by atoms with Crippen LogP contribution in [0.5, 0.6) is 0 Å². The summed E-state index contributed by atoms with van der Waals surface area (Å²) in [7, 11) is 0. The molecule has 1 aromatic carbocycles. The molecule has 1 aromatic heterocycles. The zero-order valence-corrected chi connectivity index (χ0v) is 11.7. The molecule has 5 nitrogen and oxygen atoms in total. The second kappa shape index (κ2) is 6.90. The first-order chi connectivity index (χ1) is 10.1. The first kappa shape index (κ1) is 15.1. The predicted octanol–water partition coefficient (Wildman–Crippen LogP) is 2.98. The maximum atomic E-state index is 13.2. The highest BCUT2D eigenvalue weighted by Gasteiger charge is 2.14. The van der Waals surface area contributed by atoms with E-state index in [1.165, 1.54) is 12.1 Å². The van der Waals surface area contributed by atoms with Crippen LogP contribution >= 0.6 is 0 Å². The van der Waals surface area contributed by atoms with E-state index in [1.807, 2.05) is 19.1 Å². The van der Waals surface area contributed by atoms with Gasteiger partial charge in [-0.05, 0) is 30.2 Å². The SMILES string of the molecule is CCc1cccnc1CNCc1cc(F)ccc1[N+](=O)[O-]. The average Bonchev–Trinajstić information content (AvgIpc) is 2.47. The molecule has 21 heavy (non-hydrogen) atoms. The number of benzene rings is 1. The van der Waals surface area contributed by atoms with Crippen LogP contribution in [0.1, 0.15) is 23.7 Å². The third kappa shape index (κ3) is 3.82. The van der Waals surface area contributed by atoms with Crippen molar-refractivity contribution in [2.75, 3.05) is 0 Å². The van der Waals surface area contributed by atoms with Crippen LogP contribution in [-0.2, 0) is 19.5 Å². The summed E-state index contributed by atoms with van der Waals surface area (Å²) >= 11 is 0. The molecule has 0 fully saturated rings. The van der Waals surface area contributed by atoms with Gasteiger partial charge in [-0.3, -0.25) is 15.1 Å². The molecule has 0 unspecified atom stereocenters. The molecule has 0 amide bonds. The molecule has 0 saturated heterocycles. The monoisotopic (exact) mass is 289 g/mol. The van der Waals surface area contributed by atoms with Gasteiger partial charge < -0.3 is 5.32 Å². The molecule has 0 atom stereocenters. The minimum atomic E-state index is -0.505. The molecule has 110 valence electrons. The van der Waals surface area contributed by atoms with Crippen molar-refractivity contribution < 1.29 is 9.31 Å². The second-order valence-electron chi connectivity index (χ2n) is 4.60. The van der Waals surface area contributed by atoms with Gasteiger partial charge in [0.2, 0.25) is 0 Å². The summed E-state index contributed by atoms with van der Waals surface area (Å²) in [5.74, 6) is -0.482. The summed E-state index contributed by atoms with van der Waals surface area (Å²) < 4.78 is 13.2. The topological polar surface area (TPSA) is 68.1 Å². The van der Waals surface area contributed by atoms with Gasteiger partial charge in [0.25, 0.3) is 5.69 Å². The van der Waals surface area contributed by atoms with Crippen LogP contribution in [0.4, 0.5) is 10.1 Å². The van der Waals surface area contributed by atoms with Crippen molar-refractivity contribution in [3.63, 3.8) is 0 Å². The number of aryl methyl sites for hydroxylation is 1. The Bertz CT molecular complexity index is 647. The minimum Gasteiger partial charge on any atom is -0.307 e. The van der Waals surface area contributed by atoms with Gasteiger partial charge in [-0.15, -0.1) is 0 Å². The van der Waals surface area contributed by atoms with Crippen LogP contribution in [0.2, 0.25) is 0 Å². The Balaban J connectivity index is 2.07. The Labute approximate surface area is 122 Å². The van der Waals surface area contributed by atoms with Crippen molar-refractivity contribution in [1.82, 2.24) is 10.3 Å². The van der Waals surface area contributed by atoms with Gasteiger partial charge in [0, 0.05) is 30.9 Å². The third-order valence-electron chi connectivity index (χ3n) is 3.21. The lowest BCUT2D eigenvalue weighted by Gasteiger charge is -2.08. The zero-order chi connectivity index (χ0) is 15.2. The lowest BCUT2D eigenvalue weighted by molar-refractivity contribution is -0.385. The van der Waals surface area contributed by atoms with E-state index < -0.39 is 10.7 Å². The van der Waals surface area contributed by atoms with Crippen molar-refractivity contribution in [2.24, 2.45) is 0 Å². The van der Waals surface area contributed by atoms with E-state index >= 15 is 0 Å². The third-order valence-corrected chi connectivity index (χ3v) is 3.21. The first-order valence-electron chi connectivity index (χ1n) is 6.68. The summed E-state index contributed by atoms with van der Waals surface area (Å²) in [6.45, 7) is 2.74. The number of hydrogen-bond acceptors (Lipinski definition) is 4. The fraction of sp³-hybridized carbons (Fsp3) is 0.267.